The van der Waals surface area contributed by atoms with E-state index in [0.717, 1.165) is 18.4 Å². The average Bonchev–Trinajstić information content (AvgIpc) is 2.34. The summed E-state index contributed by atoms with van der Waals surface area (Å²) in [4.78, 5) is 11.7. The lowest BCUT2D eigenvalue weighted by atomic mass is 10.1. The quantitative estimate of drug-likeness (QED) is 0.695. The highest BCUT2D eigenvalue weighted by Gasteiger charge is 2.17. The number of rotatable bonds is 7. The fraction of sp³-hybridized carbons (Fsp3) is 0.417. The molecule has 112 valence electrons. The van der Waals surface area contributed by atoms with Crippen molar-refractivity contribution in [3.63, 3.8) is 0 Å². The molecule has 20 heavy (non-hydrogen) atoms. The zero-order valence-electron chi connectivity index (χ0n) is 10.9. The minimum atomic E-state index is -3.60. The lowest BCUT2D eigenvalue weighted by Gasteiger charge is -2.03. The maximum Gasteiger partial charge on any atom is 0.163 e. The van der Waals surface area contributed by atoms with Gasteiger partial charge in [-0.2, -0.15) is 0 Å². The standard InChI is InChI=1S/C12H15FO5S2/c1-19(15,16)8-9-20(17,18)7-6-12(14)10-2-4-11(13)5-3-10/h2-5H,6-9H2,1H3. The van der Waals surface area contributed by atoms with Gasteiger partial charge in [0.15, 0.2) is 15.6 Å². The first kappa shape index (κ1) is 16.8. The van der Waals surface area contributed by atoms with E-state index in [1.807, 2.05) is 0 Å². The van der Waals surface area contributed by atoms with E-state index in [1.165, 1.54) is 12.1 Å². The normalized spacial score (nSPS) is 12.3. The zero-order chi connectivity index (χ0) is 15.4. The maximum absolute atomic E-state index is 12.7. The van der Waals surface area contributed by atoms with E-state index in [4.69, 9.17) is 0 Å². The van der Waals surface area contributed by atoms with Crippen LogP contribution >= 0.6 is 0 Å². The van der Waals surface area contributed by atoms with Crippen LogP contribution in [0.25, 0.3) is 0 Å². The minimum Gasteiger partial charge on any atom is -0.294 e. The largest absolute Gasteiger partial charge is 0.294 e. The second-order valence-electron chi connectivity index (χ2n) is 4.46. The SMILES string of the molecule is CS(=O)(=O)CCS(=O)(=O)CCC(=O)c1ccc(F)cc1. The molecule has 0 heterocycles. The van der Waals surface area contributed by atoms with Gasteiger partial charge in [-0.25, -0.2) is 21.2 Å². The van der Waals surface area contributed by atoms with E-state index in [1.54, 1.807) is 0 Å². The molecule has 0 aliphatic heterocycles. The third kappa shape index (κ3) is 6.25. The number of hydrogen-bond donors (Lipinski definition) is 0. The molecule has 1 aromatic rings. The van der Waals surface area contributed by atoms with Gasteiger partial charge in [0, 0.05) is 18.2 Å². The Morgan fingerprint density at radius 2 is 1.55 bits per heavy atom. The molecule has 0 N–H and O–H groups in total. The van der Waals surface area contributed by atoms with Crippen LogP contribution < -0.4 is 0 Å². The van der Waals surface area contributed by atoms with Crippen molar-refractivity contribution in [3.8, 4) is 0 Å². The van der Waals surface area contributed by atoms with Gasteiger partial charge in [0.05, 0.1) is 17.3 Å². The Kier molecular flexibility index (Phi) is 5.41. The topological polar surface area (TPSA) is 85.3 Å². The van der Waals surface area contributed by atoms with E-state index >= 15 is 0 Å². The Balaban J connectivity index is 2.58. The summed E-state index contributed by atoms with van der Waals surface area (Å²) in [6.07, 6.45) is 0.698. The molecule has 0 radical (unpaired) electrons. The van der Waals surface area contributed by atoms with Crippen LogP contribution in [0.5, 0.6) is 0 Å². The number of benzene rings is 1. The van der Waals surface area contributed by atoms with Crippen molar-refractivity contribution in [2.24, 2.45) is 0 Å². The van der Waals surface area contributed by atoms with E-state index in [9.17, 15) is 26.0 Å². The number of Topliss-reactive ketones (excluding diaryl/α,β-unsaturated/α-hetero) is 1. The van der Waals surface area contributed by atoms with Gasteiger partial charge in [0.1, 0.15) is 15.7 Å². The predicted molar refractivity (Wildman–Crippen MR) is 73.7 cm³/mol. The molecule has 0 fully saturated rings. The number of hydrogen-bond acceptors (Lipinski definition) is 5. The summed E-state index contributed by atoms with van der Waals surface area (Å²) in [6, 6.07) is 4.79. The molecule has 0 atom stereocenters. The Morgan fingerprint density at radius 3 is 2.05 bits per heavy atom. The summed E-state index contributed by atoms with van der Waals surface area (Å²) in [6.45, 7) is 0. The minimum absolute atomic E-state index is 0.227. The molecule has 0 bridgehead atoms. The molecule has 0 unspecified atom stereocenters. The molecule has 0 aromatic heterocycles. The average molecular weight is 322 g/mol. The fourth-order valence-corrected chi connectivity index (χ4v) is 4.34. The molecular formula is C12H15FO5S2. The molecule has 1 rings (SSSR count). The van der Waals surface area contributed by atoms with Crippen molar-refractivity contribution < 1.29 is 26.0 Å². The van der Waals surface area contributed by atoms with Gasteiger partial charge in [-0.05, 0) is 24.3 Å². The van der Waals surface area contributed by atoms with Gasteiger partial charge in [-0.1, -0.05) is 0 Å². The molecule has 0 aliphatic carbocycles. The molecule has 0 spiro atoms. The Bertz CT molecular complexity index is 675. The van der Waals surface area contributed by atoms with Gasteiger partial charge in [-0.3, -0.25) is 4.79 Å². The summed E-state index contributed by atoms with van der Waals surface area (Å²) in [5.74, 6) is -2.28. The smallest absolute Gasteiger partial charge is 0.163 e. The summed E-state index contributed by atoms with van der Waals surface area (Å²) < 4.78 is 57.7. The molecule has 0 saturated carbocycles. The molecule has 0 aliphatic rings. The highest BCUT2D eigenvalue weighted by atomic mass is 32.2. The second kappa shape index (κ2) is 6.45. The third-order valence-corrected chi connectivity index (χ3v) is 5.43. The van der Waals surface area contributed by atoms with Crippen LogP contribution in [-0.2, 0) is 19.7 Å². The first-order chi connectivity index (χ1) is 9.09. The monoisotopic (exact) mass is 322 g/mol. The summed E-state index contributed by atoms with van der Waals surface area (Å²) >= 11 is 0. The number of halogens is 1. The van der Waals surface area contributed by atoms with Crippen molar-refractivity contribution >= 4 is 25.5 Å². The summed E-state index contributed by atoms with van der Waals surface area (Å²) in [5.41, 5.74) is 0.227. The Labute approximate surface area is 117 Å². The van der Waals surface area contributed by atoms with Crippen LogP contribution in [0.1, 0.15) is 16.8 Å². The molecule has 1 aromatic carbocycles. The summed E-state index contributed by atoms with van der Waals surface area (Å²) in [7, 11) is -6.96. The van der Waals surface area contributed by atoms with E-state index in [2.05, 4.69) is 0 Å². The van der Waals surface area contributed by atoms with Crippen LogP contribution in [0.15, 0.2) is 24.3 Å². The molecule has 0 amide bonds. The van der Waals surface area contributed by atoms with Crippen molar-refractivity contribution in [3.05, 3.63) is 35.6 Å². The van der Waals surface area contributed by atoms with Gasteiger partial charge >= 0.3 is 0 Å². The highest BCUT2D eigenvalue weighted by Crippen LogP contribution is 2.07. The van der Waals surface area contributed by atoms with Gasteiger partial charge in [0.2, 0.25) is 0 Å². The Hall–Kier alpha value is -1.28. The first-order valence-corrected chi connectivity index (χ1v) is 9.64. The van der Waals surface area contributed by atoms with Crippen LogP contribution in [0.2, 0.25) is 0 Å². The number of carbonyl (C=O) groups excluding carboxylic acids is 1. The zero-order valence-corrected chi connectivity index (χ0v) is 12.5. The van der Waals surface area contributed by atoms with E-state index < -0.39 is 48.5 Å². The molecular weight excluding hydrogens is 307 g/mol. The van der Waals surface area contributed by atoms with Crippen LogP contribution in [-0.4, -0.2) is 46.1 Å². The van der Waals surface area contributed by atoms with Crippen LogP contribution in [0, 0.1) is 5.82 Å². The van der Waals surface area contributed by atoms with E-state index in [0.29, 0.717) is 0 Å². The fourth-order valence-electron chi connectivity index (χ4n) is 1.41. The Morgan fingerprint density at radius 1 is 1.00 bits per heavy atom. The predicted octanol–water partition coefficient (Wildman–Crippen LogP) is 0.858. The second-order valence-corrected chi connectivity index (χ2v) is 9.03. The van der Waals surface area contributed by atoms with Crippen molar-refractivity contribution in [1.29, 1.82) is 0 Å². The number of ketones is 1. The van der Waals surface area contributed by atoms with Gasteiger partial charge in [0.25, 0.3) is 0 Å². The maximum atomic E-state index is 12.7. The van der Waals surface area contributed by atoms with Crippen molar-refractivity contribution in [2.75, 3.05) is 23.5 Å². The number of carbonyl (C=O) groups is 1. The molecule has 5 nitrogen and oxygen atoms in total. The van der Waals surface area contributed by atoms with Crippen molar-refractivity contribution in [2.45, 2.75) is 6.42 Å². The van der Waals surface area contributed by atoms with Crippen LogP contribution in [0.4, 0.5) is 4.39 Å². The third-order valence-electron chi connectivity index (χ3n) is 2.57. The van der Waals surface area contributed by atoms with Gasteiger partial charge < -0.3 is 0 Å². The van der Waals surface area contributed by atoms with E-state index in [-0.39, 0.29) is 12.0 Å². The molecule has 8 heteroatoms. The van der Waals surface area contributed by atoms with Crippen molar-refractivity contribution in [1.82, 2.24) is 0 Å². The lowest BCUT2D eigenvalue weighted by molar-refractivity contribution is 0.0988. The highest BCUT2D eigenvalue weighted by molar-refractivity contribution is 7.94. The first-order valence-electron chi connectivity index (χ1n) is 5.76. The number of sulfone groups is 2. The van der Waals surface area contributed by atoms with Gasteiger partial charge in [-0.15, -0.1) is 0 Å². The lowest BCUT2D eigenvalue weighted by Crippen LogP contribution is -2.20. The summed E-state index contributed by atoms with van der Waals surface area (Å²) in [5, 5.41) is 0. The molecule has 0 saturated heterocycles. The van der Waals surface area contributed by atoms with Crippen LogP contribution in [0.3, 0.4) is 0 Å².